The van der Waals surface area contributed by atoms with Gasteiger partial charge in [-0.05, 0) is 31.9 Å². The van der Waals surface area contributed by atoms with Crippen LogP contribution in [0.1, 0.15) is 18.6 Å². The fourth-order valence-electron chi connectivity index (χ4n) is 4.10. The van der Waals surface area contributed by atoms with E-state index in [9.17, 15) is 9.59 Å². The van der Waals surface area contributed by atoms with Crippen molar-refractivity contribution in [1.82, 2.24) is 15.0 Å². The van der Waals surface area contributed by atoms with Gasteiger partial charge in [-0.15, -0.1) is 0 Å². The van der Waals surface area contributed by atoms with E-state index in [4.69, 9.17) is 4.52 Å². The Kier molecular flexibility index (Phi) is 5.92. The lowest BCUT2D eigenvalue weighted by Crippen LogP contribution is -2.58. The first-order chi connectivity index (χ1) is 14.1. The monoisotopic (exact) mass is 397 g/mol. The van der Waals surface area contributed by atoms with Gasteiger partial charge >= 0.3 is 0 Å². The number of nitrogens with one attached hydrogen (secondary N) is 1. The molecule has 1 aromatic heterocycles. The second-order valence-corrected chi connectivity index (χ2v) is 7.67. The maximum atomic E-state index is 13.1. The lowest BCUT2D eigenvalue weighted by atomic mass is 10.0. The molecule has 4 rings (SSSR count). The molecule has 2 aliphatic rings. The summed E-state index contributed by atoms with van der Waals surface area (Å²) in [6.07, 6.45) is 1.90. The highest BCUT2D eigenvalue weighted by Gasteiger charge is 2.35. The number of aromatic nitrogens is 1. The third-order valence-corrected chi connectivity index (χ3v) is 5.59. The quantitative estimate of drug-likeness (QED) is 0.828. The number of aryl methyl sites for hydroxylation is 1. The Morgan fingerprint density at radius 2 is 1.93 bits per heavy atom. The summed E-state index contributed by atoms with van der Waals surface area (Å²) in [7, 11) is 0. The maximum Gasteiger partial charge on any atom is 0.244 e. The molecule has 154 valence electrons. The van der Waals surface area contributed by atoms with Gasteiger partial charge in [0.2, 0.25) is 11.8 Å². The van der Waals surface area contributed by atoms with Crippen LogP contribution in [0.15, 0.2) is 40.9 Å². The molecular formula is C21H27N5O3. The summed E-state index contributed by atoms with van der Waals surface area (Å²) in [4.78, 5) is 31.6. The van der Waals surface area contributed by atoms with Crippen molar-refractivity contribution in [1.29, 1.82) is 0 Å². The van der Waals surface area contributed by atoms with Gasteiger partial charge in [0.05, 0.1) is 12.6 Å². The molecule has 1 N–H and O–H groups in total. The number of para-hydroxylation sites is 1. The predicted molar refractivity (Wildman–Crippen MR) is 110 cm³/mol. The summed E-state index contributed by atoms with van der Waals surface area (Å²) in [5.74, 6) is 1.20. The number of piperazine rings is 1. The molecule has 0 spiro atoms. The second kappa shape index (κ2) is 8.75. The van der Waals surface area contributed by atoms with Crippen LogP contribution >= 0.6 is 0 Å². The summed E-state index contributed by atoms with van der Waals surface area (Å²) in [5, 5.41) is 6.54. The SMILES string of the molecule is Cc1cc(NC(=O)CN2CCN([C@@H]3CCCN(c4ccccc4)C3=O)CC2)no1. The number of nitrogens with zero attached hydrogens (tertiary/aromatic N) is 4. The van der Waals surface area contributed by atoms with Gasteiger partial charge in [0, 0.05) is 44.5 Å². The van der Waals surface area contributed by atoms with Gasteiger partial charge in [-0.2, -0.15) is 0 Å². The van der Waals surface area contributed by atoms with Gasteiger partial charge in [0.25, 0.3) is 0 Å². The zero-order chi connectivity index (χ0) is 20.2. The normalized spacial score (nSPS) is 21.3. The number of hydrogen-bond acceptors (Lipinski definition) is 6. The number of amides is 2. The standard InChI is InChI=1S/C21H27N5O3/c1-16-14-19(23-29-16)22-20(27)15-24-10-12-25(13-11-24)18-8-5-9-26(21(18)28)17-6-3-2-4-7-17/h2-4,6-7,14,18H,5,8-13,15H2,1H3,(H,22,23,27)/t18-/m1/s1. The summed E-state index contributed by atoms with van der Waals surface area (Å²) in [6, 6.07) is 11.5. The molecule has 0 aliphatic carbocycles. The molecule has 8 nitrogen and oxygen atoms in total. The van der Waals surface area contributed by atoms with Crippen molar-refractivity contribution in [2.45, 2.75) is 25.8 Å². The molecule has 0 saturated carbocycles. The van der Waals surface area contributed by atoms with Crippen molar-refractivity contribution in [3.63, 3.8) is 0 Å². The molecule has 1 atom stereocenters. The molecule has 0 unspecified atom stereocenters. The first-order valence-electron chi connectivity index (χ1n) is 10.2. The minimum Gasteiger partial charge on any atom is -0.360 e. The third-order valence-electron chi connectivity index (χ3n) is 5.59. The first kappa shape index (κ1) is 19.6. The number of carbonyl (C=O) groups excluding carboxylic acids is 2. The van der Waals surface area contributed by atoms with Crippen LogP contribution in [0.3, 0.4) is 0 Å². The van der Waals surface area contributed by atoms with Gasteiger partial charge in [-0.1, -0.05) is 23.4 Å². The van der Waals surface area contributed by atoms with E-state index >= 15 is 0 Å². The van der Waals surface area contributed by atoms with Crippen molar-refractivity contribution in [2.75, 3.05) is 49.5 Å². The molecule has 29 heavy (non-hydrogen) atoms. The van der Waals surface area contributed by atoms with E-state index in [2.05, 4.69) is 20.3 Å². The van der Waals surface area contributed by atoms with Crippen LogP contribution in [0.2, 0.25) is 0 Å². The molecule has 1 aromatic carbocycles. The van der Waals surface area contributed by atoms with Gasteiger partial charge < -0.3 is 14.7 Å². The number of anilines is 2. The molecule has 2 amide bonds. The second-order valence-electron chi connectivity index (χ2n) is 7.67. The molecule has 2 aliphatic heterocycles. The number of hydrogen-bond donors (Lipinski definition) is 1. The molecule has 0 bridgehead atoms. The average Bonchev–Trinajstić information content (AvgIpc) is 3.14. The first-order valence-corrected chi connectivity index (χ1v) is 10.2. The fourth-order valence-corrected chi connectivity index (χ4v) is 4.10. The van der Waals surface area contributed by atoms with Crippen LogP contribution < -0.4 is 10.2 Å². The summed E-state index contributed by atoms with van der Waals surface area (Å²) < 4.78 is 4.97. The van der Waals surface area contributed by atoms with Crippen molar-refractivity contribution >= 4 is 23.3 Å². The highest BCUT2D eigenvalue weighted by molar-refractivity contribution is 5.98. The lowest BCUT2D eigenvalue weighted by Gasteiger charge is -2.42. The minimum absolute atomic E-state index is 0.0713. The van der Waals surface area contributed by atoms with E-state index in [-0.39, 0.29) is 17.9 Å². The van der Waals surface area contributed by atoms with Crippen molar-refractivity contribution in [2.24, 2.45) is 0 Å². The van der Waals surface area contributed by atoms with Gasteiger partial charge in [0.15, 0.2) is 5.82 Å². The Morgan fingerprint density at radius 1 is 1.17 bits per heavy atom. The van der Waals surface area contributed by atoms with E-state index in [1.54, 1.807) is 13.0 Å². The zero-order valence-electron chi connectivity index (χ0n) is 16.7. The van der Waals surface area contributed by atoms with Crippen molar-refractivity contribution in [3.8, 4) is 0 Å². The minimum atomic E-state index is -0.101. The maximum absolute atomic E-state index is 13.1. The van der Waals surface area contributed by atoms with Crippen LogP contribution in [0, 0.1) is 6.92 Å². The molecule has 2 fully saturated rings. The molecule has 8 heteroatoms. The Morgan fingerprint density at radius 3 is 2.62 bits per heavy atom. The van der Waals surface area contributed by atoms with Crippen molar-refractivity contribution in [3.05, 3.63) is 42.2 Å². The topological polar surface area (TPSA) is 81.9 Å². The number of piperidine rings is 1. The predicted octanol–water partition coefficient (Wildman–Crippen LogP) is 1.73. The van der Waals surface area contributed by atoms with Gasteiger partial charge in [-0.25, -0.2) is 0 Å². The summed E-state index contributed by atoms with van der Waals surface area (Å²) >= 11 is 0. The van der Waals surface area contributed by atoms with Crippen LogP contribution in [0.25, 0.3) is 0 Å². The molecular weight excluding hydrogens is 370 g/mol. The van der Waals surface area contributed by atoms with E-state index in [1.165, 1.54) is 0 Å². The summed E-state index contributed by atoms with van der Waals surface area (Å²) in [5.41, 5.74) is 0.973. The van der Waals surface area contributed by atoms with E-state index < -0.39 is 0 Å². The number of carbonyl (C=O) groups is 2. The Bertz CT molecular complexity index is 845. The lowest BCUT2D eigenvalue weighted by molar-refractivity contribution is -0.127. The Balaban J connectivity index is 1.28. The molecule has 2 saturated heterocycles. The fraction of sp³-hybridized carbons (Fsp3) is 0.476. The molecule has 3 heterocycles. The van der Waals surface area contributed by atoms with Crippen LogP contribution in [-0.4, -0.2) is 72.1 Å². The molecule has 2 aromatic rings. The number of benzene rings is 1. The zero-order valence-corrected chi connectivity index (χ0v) is 16.7. The summed E-state index contributed by atoms with van der Waals surface area (Å²) in [6.45, 7) is 5.98. The Hall–Kier alpha value is -2.71. The highest BCUT2D eigenvalue weighted by Crippen LogP contribution is 2.24. The van der Waals surface area contributed by atoms with Crippen molar-refractivity contribution < 1.29 is 14.1 Å². The van der Waals surface area contributed by atoms with Crippen LogP contribution in [0.4, 0.5) is 11.5 Å². The van der Waals surface area contributed by atoms with E-state index in [1.807, 2.05) is 35.2 Å². The molecule has 0 radical (unpaired) electrons. The third kappa shape index (κ3) is 4.65. The largest absolute Gasteiger partial charge is 0.360 e. The number of rotatable bonds is 5. The van der Waals surface area contributed by atoms with Gasteiger partial charge in [0.1, 0.15) is 5.76 Å². The smallest absolute Gasteiger partial charge is 0.244 e. The van der Waals surface area contributed by atoms with E-state index in [0.717, 1.165) is 51.3 Å². The highest BCUT2D eigenvalue weighted by atomic mass is 16.5. The average molecular weight is 397 g/mol. The van der Waals surface area contributed by atoms with Gasteiger partial charge in [-0.3, -0.25) is 19.4 Å². The Labute approximate surface area is 170 Å². The van der Waals surface area contributed by atoms with Crippen LogP contribution in [0.5, 0.6) is 0 Å². The van der Waals surface area contributed by atoms with Crippen LogP contribution in [-0.2, 0) is 9.59 Å². The van der Waals surface area contributed by atoms with E-state index in [0.29, 0.717) is 18.1 Å².